The minimum absolute atomic E-state index is 0.0214. The minimum atomic E-state index is -0.620. The molecular weight excluding hydrogens is 312 g/mol. The molecule has 120 valence electrons. The topological polar surface area (TPSA) is 54.9 Å². The third-order valence-electron chi connectivity index (χ3n) is 3.45. The van der Waals surface area contributed by atoms with Crippen molar-refractivity contribution in [2.75, 3.05) is 0 Å². The summed E-state index contributed by atoms with van der Waals surface area (Å²) in [4.78, 5) is 19.7. The molecule has 1 N–H and O–H groups in total. The van der Waals surface area contributed by atoms with Crippen LogP contribution in [0.4, 0.5) is 8.78 Å². The minimum Gasteiger partial charge on any atom is -0.348 e. The first-order valence-corrected chi connectivity index (χ1v) is 7.23. The smallest absolute Gasteiger partial charge is 0.253 e. The summed E-state index contributed by atoms with van der Waals surface area (Å²) in [6.07, 6.45) is 2.70. The summed E-state index contributed by atoms with van der Waals surface area (Å²) in [6, 6.07) is 12.5. The number of hydrogen-bond donors (Lipinski definition) is 1. The summed E-state index contributed by atoms with van der Waals surface area (Å²) in [7, 11) is 0. The Hall–Kier alpha value is -3.15. The van der Waals surface area contributed by atoms with Gasteiger partial charge in [0.25, 0.3) is 5.91 Å². The SMILES string of the molecule is O=C(NCc1cccnc1F)c1ccc(-c2ccccc2F)nc1. The van der Waals surface area contributed by atoms with Gasteiger partial charge in [0.15, 0.2) is 0 Å². The maximum Gasteiger partial charge on any atom is 0.253 e. The Morgan fingerprint density at radius 2 is 1.83 bits per heavy atom. The van der Waals surface area contributed by atoms with Crippen LogP contribution in [-0.4, -0.2) is 15.9 Å². The highest BCUT2D eigenvalue weighted by molar-refractivity contribution is 5.94. The van der Waals surface area contributed by atoms with E-state index in [1.807, 2.05) is 0 Å². The zero-order valence-corrected chi connectivity index (χ0v) is 12.5. The lowest BCUT2D eigenvalue weighted by Gasteiger charge is -2.07. The number of aromatic nitrogens is 2. The summed E-state index contributed by atoms with van der Waals surface area (Å²) < 4.78 is 27.1. The van der Waals surface area contributed by atoms with E-state index in [4.69, 9.17) is 0 Å². The maximum atomic E-state index is 13.7. The van der Waals surface area contributed by atoms with Crippen molar-refractivity contribution >= 4 is 5.91 Å². The van der Waals surface area contributed by atoms with Crippen LogP contribution in [0.1, 0.15) is 15.9 Å². The van der Waals surface area contributed by atoms with Gasteiger partial charge in [-0.15, -0.1) is 0 Å². The molecule has 3 rings (SSSR count). The van der Waals surface area contributed by atoms with Gasteiger partial charge in [-0.2, -0.15) is 4.39 Å². The summed E-state index contributed by atoms with van der Waals surface area (Å²) >= 11 is 0. The highest BCUT2D eigenvalue weighted by Gasteiger charge is 2.10. The number of amides is 1. The molecule has 0 spiro atoms. The molecule has 0 radical (unpaired) electrons. The fraction of sp³-hybridized carbons (Fsp3) is 0.0556. The van der Waals surface area contributed by atoms with Crippen LogP contribution in [0, 0.1) is 11.8 Å². The number of carbonyl (C=O) groups is 1. The van der Waals surface area contributed by atoms with E-state index in [0.29, 0.717) is 22.4 Å². The monoisotopic (exact) mass is 325 g/mol. The molecule has 0 unspecified atom stereocenters. The molecule has 0 saturated heterocycles. The predicted octanol–water partition coefficient (Wildman–Crippen LogP) is 3.35. The molecule has 0 bridgehead atoms. The highest BCUT2D eigenvalue weighted by Crippen LogP contribution is 2.20. The van der Waals surface area contributed by atoms with Crippen molar-refractivity contribution in [3.05, 3.63) is 83.8 Å². The third-order valence-corrected chi connectivity index (χ3v) is 3.45. The number of nitrogens with zero attached hydrogens (tertiary/aromatic N) is 2. The number of hydrogen-bond acceptors (Lipinski definition) is 3. The molecule has 0 aliphatic carbocycles. The van der Waals surface area contributed by atoms with Gasteiger partial charge >= 0.3 is 0 Å². The second-order valence-electron chi connectivity index (χ2n) is 5.05. The average Bonchev–Trinajstić information content (AvgIpc) is 2.61. The summed E-state index contributed by atoms with van der Waals surface area (Å²) in [5, 5.41) is 2.59. The normalized spacial score (nSPS) is 10.4. The summed E-state index contributed by atoms with van der Waals surface area (Å²) in [6.45, 7) is 0.0214. The van der Waals surface area contributed by atoms with Crippen LogP contribution in [0.2, 0.25) is 0 Å². The Bertz CT molecular complexity index is 866. The number of benzene rings is 1. The molecule has 2 aromatic heterocycles. The van der Waals surface area contributed by atoms with Gasteiger partial charge in [0, 0.05) is 30.1 Å². The van der Waals surface area contributed by atoms with Crippen LogP contribution in [0.3, 0.4) is 0 Å². The molecule has 0 saturated carbocycles. The van der Waals surface area contributed by atoms with Crippen molar-refractivity contribution in [1.29, 1.82) is 0 Å². The molecule has 0 fully saturated rings. The lowest BCUT2D eigenvalue weighted by atomic mass is 10.1. The molecule has 1 amide bonds. The van der Waals surface area contributed by atoms with Gasteiger partial charge in [0.1, 0.15) is 5.82 Å². The number of pyridine rings is 2. The van der Waals surface area contributed by atoms with Crippen LogP contribution in [0.5, 0.6) is 0 Å². The van der Waals surface area contributed by atoms with E-state index in [0.717, 1.165) is 0 Å². The van der Waals surface area contributed by atoms with Gasteiger partial charge in [-0.3, -0.25) is 9.78 Å². The van der Waals surface area contributed by atoms with E-state index < -0.39 is 11.9 Å². The van der Waals surface area contributed by atoms with E-state index in [9.17, 15) is 13.6 Å². The lowest BCUT2D eigenvalue weighted by Crippen LogP contribution is -2.23. The van der Waals surface area contributed by atoms with Gasteiger partial charge in [-0.05, 0) is 30.3 Å². The highest BCUT2D eigenvalue weighted by atomic mass is 19.1. The summed E-state index contributed by atoms with van der Waals surface area (Å²) in [5.41, 5.74) is 1.39. The first-order valence-electron chi connectivity index (χ1n) is 7.23. The van der Waals surface area contributed by atoms with Gasteiger partial charge in [0.2, 0.25) is 5.95 Å². The molecule has 0 aliphatic rings. The van der Waals surface area contributed by atoms with Crippen molar-refractivity contribution in [3.8, 4) is 11.3 Å². The Kier molecular flexibility index (Phi) is 4.56. The number of rotatable bonds is 4. The standard InChI is InChI=1S/C18H13F2N3O/c19-15-6-2-1-5-14(15)16-8-7-13(11-22-16)18(24)23-10-12-4-3-9-21-17(12)20/h1-9,11H,10H2,(H,23,24). The Morgan fingerprint density at radius 1 is 1.00 bits per heavy atom. The van der Waals surface area contributed by atoms with Crippen molar-refractivity contribution in [2.45, 2.75) is 6.54 Å². The maximum absolute atomic E-state index is 13.7. The van der Waals surface area contributed by atoms with E-state index in [1.54, 1.807) is 42.5 Å². The molecular formula is C18H13F2N3O. The second-order valence-corrected chi connectivity index (χ2v) is 5.05. The lowest BCUT2D eigenvalue weighted by molar-refractivity contribution is 0.0950. The van der Waals surface area contributed by atoms with Crippen molar-refractivity contribution in [2.24, 2.45) is 0 Å². The molecule has 24 heavy (non-hydrogen) atoms. The number of nitrogens with one attached hydrogen (secondary N) is 1. The fourth-order valence-corrected chi connectivity index (χ4v) is 2.19. The molecule has 6 heteroatoms. The third kappa shape index (κ3) is 3.43. The quantitative estimate of drug-likeness (QED) is 0.749. The van der Waals surface area contributed by atoms with Crippen molar-refractivity contribution in [3.63, 3.8) is 0 Å². The molecule has 3 aromatic rings. The van der Waals surface area contributed by atoms with Crippen molar-refractivity contribution < 1.29 is 13.6 Å². The van der Waals surface area contributed by atoms with E-state index in [1.165, 1.54) is 18.5 Å². The Balaban J connectivity index is 1.70. The van der Waals surface area contributed by atoms with Crippen LogP contribution >= 0.6 is 0 Å². The van der Waals surface area contributed by atoms with Gasteiger partial charge in [0.05, 0.1) is 11.3 Å². The first-order chi connectivity index (χ1) is 11.6. The Labute approximate surface area is 137 Å². The zero-order valence-electron chi connectivity index (χ0n) is 12.5. The van der Waals surface area contributed by atoms with Crippen LogP contribution in [0.15, 0.2) is 60.9 Å². The van der Waals surface area contributed by atoms with Crippen molar-refractivity contribution in [1.82, 2.24) is 15.3 Å². The fourth-order valence-electron chi connectivity index (χ4n) is 2.19. The van der Waals surface area contributed by atoms with Gasteiger partial charge in [-0.1, -0.05) is 18.2 Å². The average molecular weight is 325 g/mol. The second kappa shape index (κ2) is 6.95. The largest absolute Gasteiger partial charge is 0.348 e. The van der Waals surface area contributed by atoms with E-state index in [2.05, 4.69) is 15.3 Å². The number of carbonyl (C=O) groups excluding carboxylic acids is 1. The number of halogens is 2. The molecule has 4 nitrogen and oxygen atoms in total. The molecule has 0 aliphatic heterocycles. The Morgan fingerprint density at radius 3 is 2.54 bits per heavy atom. The van der Waals surface area contributed by atoms with Gasteiger partial charge in [-0.25, -0.2) is 9.37 Å². The van der Waals surface area contributed by atoms with E-state index >= 15 is 0 Å². The van der Waals surface area contributed by atoms with Crippen LogP contribution in [0.25, 0.3) is 11.3 Å². The van der Waals surface area contributed by atoms with Crippen LogP contribution in [-0.2, 0) is 6.54 Å². The zero-order chi connectivity index (χ0) is 16.9. The molecule has 1 aromatic carbocycles. The molecule has 0 atom stereocenters. The summed E-state index contributed by atoms with van der Waals surface area (Å²) in [5.74, 6) is -1.40. The predicted molar refractivity (Wildman–Crippen MR) is 85.0 cm³/mol. The van der Waals surface area contributed by atoms with Gasteiger partial charge < -0.3 is 5.32 Å². The van der Waals surface area contributed by atoms with E-state index in [-0.39, 0.29) is 12.4 Å². The van der Waals surface area contributed by atoms with Crippen LogP contribution < -0.4 is 5.32 Å². The molecule has 2 heterocycles. The first kappa shape index (κ1) is 15.7.